The molecule has 2 aliphatic rings. The van der Waals surface area contributed by atoms with Crippen LogP contribution in [-0.2, 0) is 13.0 Å². The van der Waals surface area contributed by atoms with Gasteiger partial charge in [0.05, 0.1) is 0 Å². The number of piperidine rings is 1. The number of nitrogens with two attached hydrogens (primary N) is 1. The minimum Gasteiger partial charge on any atom is -0.332 e. The van der Waals surface area contributed by atoms with Crippen LogP contribution in [0.3, 0.4) is 0 Å². The molecule has 0 spiro atoms. The van der Waals surface area contributed by atoms with Gasteiger partial charge >= 0.3 is 0 Å². The van der Waals surface area contributed by atoms with Gasteiger partial charge in [-0.25, -0.2) is 4.98 Å². The lowest BCUT2D eigenvalue weighted by molar-refractivity contribution is 0.405. The molecule has 0 aliphatic carbocycles. The van der Waals surface area contributed by atoms with Crippen LogP contribution in [0.1, 0.15) is 36.7 Å². The van der Waals surface area contributed by atoms with Crippen molar-refractivity contribution >= 4 is 12.4 Å². The first kappa shape index (κ1) is 12.9. The van der Waals surface area contributed by atoms with Gasteiger partial charge in [-0.1, -0.05) is 0 Å². The number of halogens is 1. The lowest BCUT2D eigenvalue weighted by Gasteiger charge is -2.27. The monoisotopic (exact) mass is 256 g/mol. The van der Waals surface area contributed by atoms with E-state index in [4.69, 9.17) is 5.73 Å². The third-order valence-electron chi connectivity index (χ3n) is 3.83. The molecule has 0 aromatic carbocycles. The highest BCUT2D eigenvalue weighted by molar-refractivity contribution is 5.85. The molecular formula is C12H21ClN4. The molecule has 1 saturated heterocycles. The molecule has 0 amide bonds. The fourth-order valence-corrected chi connectivity index (χ4v) is 2.91. The lowest BCUT2D eigenvalue weighted by atomic mass is 9.98. The molecule has 17 heavy (non-hydrogen) atoms. The summed E-state index contributed by atoms with van der Waals surface area (Å²) in [6, 6.07) is 0.335. The van der Waals surface area contributed by atoms with E-state index in [2.05, 4.69) is 14.9 Å². The minimum absolute atomic E-state index is 0. The smallest absolute Gasteiger partial charge is 0.113 e. The number of hydrogen-bond acceptors (Lipinski definition) is 3. The Labute approximate surface area is 108 Å². The molecule has 0 bridgehead atoms. The van der Waals surface area contributed by atoms with Gasteiger partial charge in [-0.3, -0.25) is 0 Å². The van der Waals surface area contributed by atoms with Gasteiger partial charge in [-0.05, 0) is 25.8 Å². The normalized spacial score (nSPS) is 28.3. The van der Waals surface area contributed by atoms with Crippen LogP contribution in [0.4, 0.5) is 0 Å². The number of imidazole rings is 1. The summed E-state index contributed by atoms with van der Waals surface area (Å²) in [5.41, 5.74) is 7.32. The van der Waals surface area contributed by atoms with Crippen LogP contribution in [0.15, 0.2) is 6.20 Å². The summed E-state index contributed by atoms with van der Waals surface area (Å²) in [6.45, 7) is 3.31. The predicted octanol–water partition coefficient (Wildman–Crippen LogP) is 1.05. The van der Waals surface area contributed by atoms with Crippen molar-refractivity contribution in [1.82, 2.24) is 14.9 Å². The van der Waals surface area contributed by atoms with E-state index >= 15 is 0 Å². The molecule has 96 valence electrons. The maximum Gasteiger partial charge on any atom is 0.113 e. The van der Waals surface area contributed by atoms with Crippen LogP contribution < -0.4 is 11.1 Å². The second kappa shape index (κ2) is 5.38. The van der Waals surface area contributed by atoms with Crippen molar-refractivity contribution in [1.29, 1.82) is 0 Å². The molecule has 1 fully saturated rings. The Morgan fingerprint density at radius 3 is 3.06 bits per heavy atom. The molecule has 1 aromatic heterocycles. The Hall–Kier alpha value is -0.580. The maximum absolute atomic E-state index is 5.98. The summed E-state index contributed by atoms with van der Waals surface area (Å²) in [7, 11) is 0. The van der Waals surface area contributed by atoms with Crippen LogP contribution in [0, 0.1) is 0 Å². The molecule has 1 aromatic rings. The largest absolute Gasteiger partial charge is 0.332 e. The van der Waals surface area contributed by atoms with E-state index in [1.165, 1.54) is 24.4 Å². The van der Waals surface area contributed by atoms with Gasteiger partial charge in [0.15, 0.2) is 0 Å². The number of hydrogen-bond donors (Lipinski definition) is 2. The van der Waals surface area contributed by atoms with Gasteiger partial charge in [0.25, 0.3) is 0 Å². The van der Waals surface area contributed by atoms with Gasteiger partial charge < -0.3 is 15.6 Å². The molecule has 3 N–H and O–H groups in total. The molecule has 2 aliphatic heterocycles. The summed E-state index contributed by atoms with van der Waals surface area (Å²) in [5, 5.41) is 3.46. The average molecular weight is 257 g/mol. The Morgan fingerprint density at radius 2 is 2.29 bits per heavy atom. The van der Waals surface area contributed by atoms with Gasteiger partial charge in [-0.15, -0.1) is 12.4 Å². The zero-order valence-electron chi connectivity index (χ0n) is 10.1. The zero-order chi connectivity index (χ0) is 11.0. The van der Waals surface area contributed by atoms with E-state index in [1.807, 2.05) is 6.20 Å². The van der Waals surface area contributed by atoms with Crippen molar-refractivity contribution in [3.8, 4) is 0 Å². The Bertz CT molecular complexity index is 371. The fraction of sp³-hybridized carbons (Fsp3) is 0.750. The molecule has 0 radical (unpaired) electrons. The second-order valence-corrected chi connectivity index (χ2v) is 5.06. The molecule has 0 saturated carbocycles. The Morgan fingerprint density at radius 1 is 1.41 bits per heavy atom. The second-order valence-electron chi connectivity index (χ2n) is 5.06. The third-order valence-corrected chi connectivity index (χ3v) is 3.83. The van der Waals surface area contributed by atoms with Crippen molar-refractivity contribution in [2.75, 3.05) is 13.1 Å². The molecule has 3 rings (SSSR count). The topological polar surface area (TPSA) is 55.9 Å². The lowest BCUT2D eigenvalue weighted by Crippen LogP contribution is -2.33. The molecular weight excluding hydrogens is 236 g/mol. The van der Waals surface area contributed by atoms with E-state index in [0.29, 0.717) is 12.0 Å². The number of fused-ring (bicyclic) bond motifs is 1. The summed E-state index contributed by atoms with van der Waals surface area (Å²) in [5.74, 6) is 1.89. The third kappa shape index (κ3) is 2.49. The first-order valence-electron chi connectivity index (χ1n) is 6.35. The Balaban J connectivity index is 0.00000108. The fourth-order valence-electron chi connectivity index (χ4n) is 2.91. The van der Waals surface area contributed by atoms with Crippen LogP contribution in [0.5, 0.6) is 0 Å². The molecule has 5 heteroatoms. The van der Waals surface area contributed by atoms with Crippen LogP contribution in [0.25, 0.3) is 0 Å². The van der Waals surface area contributed by atoms with Crippen LogP contribution in [-0.4, -0.2) is 28.7 Å². The van der Waals surface area contributed by atoms with Crippen molar-refractivity contribution in [3.63, 3.8) is 0 Å². The standard InChI is InChI=1S/C12H20N4.ClH/c13-10-3-5-16-11(6-10)8-15-12(16)9-2-1-4-14-7-9;/h8-10,14H,1-7,13H2;1H. The van der Waals surface area contributed by atoms with Crippen molar-refractivity contribution in [2.24, 2.45) is 5.73 Å². The summed E-state index contributed by atoms with van der Waals surface area (Å²) in [6.07, 6.45) is 6.66. The highest BCUT2D eigenvalue weighted by Gasteiger charge is 2.24. The maximum atomic E-state index is 5.98. The zero-order valence-corrected chi connectivity index (χ0v) is 10.9. The van der Waals surface area contributed by atoms with E-state index in [-0.39, 0.29) is 12.4 Å². The summed E-state index contributed by atoms with van der Waals surface area (Å²) < 4.78 is 2.40. The quantitative estimate of drug-likeness (QED) is 0.790. The van der Waals surface area contributed by atoms with E-state index in [9.17, 15) is 0 Å². The molecule has 3 heterocycles. The van der Waals surface area contributed by atoms with E-state index < -0.39 is 0 Å². The number of nitrogens with one attached hydrogen (secondary N) is 1. The highest BCUT2D eigenvalue weighted by atomic mass is 35.5. The number of aromatic nitrogens is 2. The van der Waals surface area contributed by atoms with E-state index in [0.717, 1.165) is 32.5 Å². The predicted molar refractivity (Wildman–Crippen MR) is 70.6 cm³/mol. The van der Waals surface area contributed by atoms with Gasteiger partial charge in [0.2, 0.25) is 0 Å². The van der Waals surface area contributed by atoms with Crippen molar-refractivity contribution < 1.29 is 0 Å². The SMILES string of the molecule is Cl.NC1CCn2c(cnc2C2CCCNC2)C1. The summed E-state index contributed by atoms with van der Waals surface area (Å²) >= 11 is 0. The van der Waals surface area contributed by atoms with Gasteiger partial charge in [-0.2, -0.15) is 0 Å². The number of rotatable bonds is 1. The number of nitrogens with zero attached hydrogens (tertiary/aromatic N) is 2. The average Bonchev–Trinajstić information content (AvgIpc) is 2.73. The molecule has 4 nitrogen and oxygen atoms in total. The van der Waals surface area contributed by atoms with Crippen LogP contribution in [0.2, 0.25) is 0 Å². The highest BCUT2D eigenvalue weighted by Crippen LogP contribution is 2.26. The Kier molecular flexibility index (Phi) is 4.07. The van der Waals surface area contributed by atoms with Gasteiger partial charge in [0, 0.05) is 43.4 Å². The first-order valence-corrected chi connectivity index (χ1v) is 6.35. The summed E-state index contributed by atoms with van der Waals surface area (Å²) in [4.78, 5) is 4.62. The van der Waals surface area contributed by atoms with Crippen LogP contribution >= 0.6 is 12.4 Å². The van der Waals surface area contributed by atoms with E-state index in [1.54, 1.807) is 0 Å². The molecule has 2 unspecified atom stereocenters. The van der Waals surface area contributed by atoms with Crippen molar-refractivity contribution in [2.45, 2.75) is 44.2 Å². The molecule has 2 atom stereocenters. The first-order chi connectivity index (χ1) is 7.84. The minimum atomic E-state index is 0. The van der Waals surface area contributed by atoms with Gasteiger partial charge in [0.1, 0.15) is 5.82 Å². The van der Waals surface area contributed by atoms with Crippen molar-refractivity contribution in [3.05, 3.63) is 17.7 Å².